The third kappa shape index (κ3) is 4.89. The summed E-state index contributed by atoms with van der Waals surface area (Å²) < 4.78 is 23.1. The molecule has 0 aliphatic carbocycles. The first-order valence-electron chi connectivity index (χ1n) is 9.33. The first-order chi connectivity index (χ1) is 14.0. The van der Waals surface area contributed by atoms with Gasteiger partial charge in [0.2, 0.25) is 5.91 Å². The van der Waals surface area contributed by atoms with Crippen LogP contribution in [0.2, 0.25) is 0 Å². The van der Waals surface area contributed by atoms with Crippen LogP contribution < -0.4 is 5.32 Å². The van der Waals surface area contributed by atoms with Crippen LogP contribution in [0.5, 0.6) is 0 Å². The van der Waals surface area contributed by atoms with Gasteiger partial charge in [0.25, 0.3) is 0 Å². The number of nitrogens with zero attached hydrogens (tertiary/aromatic N) is 1. The summed E-state index contributed by atoms with van der Waals surface area (Å²) >= 11 is 1.31. The Morgan fingerprint density at radius 3 is 2.34 bits per heavy atom. The van der Waals surface area contributed by atoms with E-state index in [0.29, 0.717) is 11.6 Å². The molecule has 1 aromatic heterocycles. The second-order valence-electron chi connectivity index (χ2n) is 6.95. The van der Waals surface area contributed by atoms with Gasteiger partial charge in [-0.3, -0.25) is 4.79 Å². The Morgan fingerprint density at radius 2 is 1.72 bits per heavy atom. The van der Waals surface area contributed by atoms with Gasteiger partial charge < -0.3 is 10.3 Å². The van der Waals surface area contributed by atoms with Gasteiger partial charge in [-0.05, 0) is 6.42 Å². The zero-order valence-electron chi connectivity index (χ0n) is 15.7. The van der Waals surface area contributed by atoms with Gasteiger partial charge in [-0.15, -0.1) is 0 Å². The molecule has 2 heterocycles. The van der Waals surface area contributed by atoms with Crippen molar-refractivity contribution in [2.45, 2.75) is 17.6 Å². The van der Waals surface area contributed by atoms with Crippen LogP contribution in [-0.2, 0) is 14.6 Å². The van der Waals surface area contributed by atoms with Crippen LogP contribution in [0.15, 0.2) is 65.8 Å². The fourth-order valence-corrected chi connectivity index (χ4v) is 5.71. The average molecular weight is 428 g/mol. The highest BCUT2D eigenvalue weighted by molar-refractivity contribution is 7.99. The monoisotopic (exact) mass is 427 g/mol. The SMILES string of the molecule is O=C(CSc1nc(-c2ccccc2)c(-c2ccccc2)[nH]1)NC1CCS(=O)(=O)C1. The molecule has 150 valence electrons. The van der Waals surface area contributed by atoms with Gasteiger partial charge in [-0.1, -0.05) is 72.4 Å². The Hall–Kier alpha value is -2.58. The molecule has 2 aromatic carbocycles. The van der Waals surface area contributed by atoms with E-state index in [2.05, 4.69) is 10.3 Å². The molecular formula is C21H21N3O3S2. The Balaban J connectivity index is 1.49. The minimum Gasteiger partial charge on any atom is -0.352 e. The van der Waals surface area contributed by atoms with Crippen molar-refractivity contribution in [2.75, 3.05) is 17.3 Å². The summed E-state index contributed by atoms with van der Waals surface area (Å²) in [4.78, 5) is 20.3. The number of amides is 1. The summed E-state index contributed by atoms with van der Waals surface area (Å²) in [6.07, 6.45) is 0.482. The number of nitrogens with one attached hydrogen (secondary N) is 2. The highest BCUT2D eigenvalue weighted by atomic mass is 32.2. The van der Waals surface area contributed by atoms with Crippen molar-refractivity contribution in [1.29, 1.82) is 0 Å². The predicted octanol–water partition coefficient (Wildman–Crippen LogP) is 3.14. The maximum Gasteiger partial charge on any atom is 0.230 e. The van der Waals surface area contributed by atoms with Crippen molar-refractivity contribution >= 4 is 27.5 Å². The lowest BCUT2D eigenvalue weighted by molar-refractivity contribution is -0.119. The molecule has 0 radical (unpaired) electrons. The van der Waals surface area contributed by atoms with E-state index in [1.54, 1.807) is 0 Å². The summed E-state index contributed by atoms with van der Waals surface area (Å²) in [5.74, 6) is 0.160. The van der Waals surface area contributed by atoms with Crippen LogP contribution >= 0.6 is 11.8 Å². The van der Waals surface area contributed by atoms with E-state index < -0.39 is 9.84 Å². The molecule has 1 saturated heterocycles. The second kappa shape index (κ2) is 8.42. The fourth-order valence-electron chi connectivity index (χ4n) is 3.35. The Bertz CT molecular complexity index is 1040. The molecule has 1 unspecified atom stereocenters. The number of rotatable bonds is 6. The lowest BCUT2D eigenvalue weighted by Crippen LogP contribution is -2.36. The molecule has 6 nitrogen and oxygen atoms in total. The third-order valence-corrected chi connectivity index (χ3v) is 7.37. The van der Waals surface area contributed by atoms with E-state index in [0.717, 1.165) is 22.5 Å². The number of carbonyl (C=O) groups excluding carboxylic acids is 1. The number of carbonyl (C=O) groups is 1. The molecule has 4 rings (SSSR count). The van der Waals surface area contributed by atoms with E-state index in [1.807, 2.05) is 60.7 Å². The molecule has 8 heteroatoms. The molecule has 1 amide bonds. The molecule has 0 saturated carbocycles. The molecule has 1 atom stereocenters. The van der Waals surface area contributed by atoms with Gasteiger partial charge in [0.05, 0.1) is 28.6 Å². The Kier molecular flexibility index (Phi) is 5.73. The van der Waals surface area contributed by atoms with Gasteiger partial charge in [0.15, 0.2) is 15.0 Å². The average Bonchev–Trinajstić information content (AvgIpc) is 3.31. The second-order valence-corrected chi connectivity index (χ2v) is 10.1. The van der Waals surface area contributed by atoms with Crippen LogP contribution in [0.1, 0.15) is 6.42 Å². The first kappa shape index (κ1) is 19.7. The van der Waals surface area contributed by atoms with Crippen molar-refractivity contribution in [3.05, 3.63) is 60.7 Å². The minimum atomic E-state index is -3.01. The largest absolute Gasteiger partial charge is 0.352 e. The molecule has 2 N–H and O–H groups in total. The standard InChI is InChI=1S/C21H21N3O3S2/c25-18(22-17-11-12-29(26,27)14-17)13-28-21-23-19(15-7-3-1-4-8-15)20(24-21)16-9-5-2-6-10-16/h1-10,17H,11-14H2,(H,22,25)(H,23,24). The fraction of sp³-hybridized carbons (Fsp3) is 0.238. The minimum absolute atomic E-state index is 0.0282. The summed E-state index contributed by atoms with van der Waals surface area (Å²) in [5, 5.41) is 3.46. The first-order valence-corrected chi connectivity index (χ1v) is 12.1. The van der Waals surface area contributed by atoms with Crippen molar-refractivity contribution in [1.82, 2.24) is 15.3 Å². The number of hydrogen-bond acceptors (Lipinski definition) is 5. The highest BCUT2D eigenvalue weighted by Crippen LogP contribution is 2.32. The number of sulfone groups is 1. The Labute approximate surface area is 174 Å². The molecule has 0 bridgehead atoms. The lowest BCUT2D eigenvalue weighted by Gasteiger charge is -2.09. The zero-order valence-corrected chi connectivity index (χ0v) is 17.3. The van der Waals surface area contributed by atoms with Crippen molar-refractivity contribution in [3.63, 3.8) is 0 Å². The molecule has 1 aliphatic rings. The number of benzene rings is 2. The molecule has 1 fully saturated rings. The number of imidazole rings is 1. The maximum atomic E-state index is 12.2. The summed E-state index contributed by atoms with van der Waals surface area (Å²) in [6, 6.07) is 19.6. The summed E-state index contributed by atoms with van der Waals surface area (Å²) in [5.41, 5.74) is 3.75. The van der Waals surface area contributed by atoms with E-state index in [9.17, 15) is 13.2 Å². The third-order valence-electron chi connectivity index (χ3n) is 4.73. The van der Waals surface area contributed by atoms with Crippen molar-refractivity contribution in [2.24, 2.45) is 0 Å². The summed E-state index contributed by atoms with van der Waals surface area (Å²) in [6.45, 7) is 0. The molecule has 0 spiro atoms. The molecule has 29 heavy (non-hydrogen) atoms. The number of thioether (sulfide) groups is 1. The van der Waals surface area contributed by atoms with Crippen molar-refractivity contribution in [3.8, 4) is 22.5 Å². The van der Waals surface area contributed by atoms with E-state index in [1.165, 1.54) is 11.8 Å². The van der Waals surface area contributed by atoms with Crippen LogP contribution in [0.25, 0.3) is 22.5 Å². The van der Waals surface area contributed by atoms with Crippen LogP contribution in [0, 0.1) is 0 Å². The van der Waals surface area contributed by atoms with Gasteiger partial charge in [-0.2, -0.15) is 0 Å². The lowest BCUT2D eigenvalue weighted by atomic mass is 10.1. The van der Waals surface area contributed by atoms with Gasteiger partial charge in [0.1, 0.15) is 0 Å². The normalized spacial score (nSPS) is 17.9. The Morgan fingerprint density at radius 1 is 1.07 bits per heavy atom. The summed E-state index contributed by atoms with van der Waals surface area (Å²) in [7, 11) is -3.01. The molecule has 1 aliphatic heterocycles. The number of aromatic nitrogens is 2. The highest BCUT2D eigenvalue weighted by Gasteiger charge is 2.28. The van der Waals surface area contributed by atoms with Crippen LogP contribution in [0.4, 0.5) is 0 Å². The van der Waals surface area contributed by atoms with Gasteiger partial charge >= 0.3 is 0 Å². The van der Waals surface area contributed by atoms with E-state index >= 15 is 0 Å². The van der Waals surface area contributed by atoms with Gasteiger partial charge in [-0.25, -0.2) is 13.4 Å². The van der Waals surface area contributed by atoms with Crippen molar-refractivity contribution < 1.29 is 13.2 Å². The number of H-pyrrole nitrogens is 1. The number of aromatic amines is 1. The zero-order chi connectivity index (χ0) is 20.3. The topological polar surface area (TPSA) is 91.9 Å². The van der Waals surface area contributed by atoms with Crippen LogP contribution in [0.3, 0.4) is 0 Å². The molecule has 3 aromatic rings. The van der Waals surface area contributed by atoms with E-state index in [4.69, 9.17) is 4.98 Å². The van der Waals surface area contributed by atoms with E-state index in [-0.39, 0.29) is 29.2 Å². The maximum absolute atomic E-state index is 12.2. The number of hydrogen-bond donors (Lipinski definition) is 2. The quantitative estimate of drug-likeness (QED) is 0.590. The predicted molar refractivity (Wildman–Crippen MR) is 115 cm³/mol. The van der Waals surface area contributed by atoms with Gasteiger partial charge in [0, 0.05) is 17.2 Å². The molecular weight excluding hydrogens is 406 g/mol. The van der Waals surface area contributed by atoms with Crippen LogP contribution in [-0.4, -0.2) is 47.6 Å². The smallest absolute Gasteiger partial charge is 0.230 e.